The fourth-order valence-corrected chi connectivity index (χ4v) is 4.19. The number of benzene rings is 1. The topological polar surface area (TPSA) is 61.9 Å². The van der Waals surface area contributed by atoms with Crippen LogP contribution in [-0.4, -0.2) is 42.5 Å². The van der Waals surface area contributed by atoms with Crippen LogP contribution in [0.25, 0.3) is 0 Å². The summed E-state index contributed by atoms with van der Waals surface area (Å²) in [4.78, 5) is 7.01. The van der Waals surface area contributed by atoms with Crippen molar-refractivity contribution in [1.82, 2.24) is 4.90 Å². The van der Waals surface area contributed by atoms with E-state index in [0.717, 1.165) is 24.0 Å². The Hall–Kier alpha value is -1.65. The summed E-state index contributed by atoms with van der Waals surface area (Å²) in [6, 6.07) is 10.2. The summed E-state index contributed by atoms with van der Waals surface area (Å²) in [6.45, 7) is 4.00. The lowest BCUT2D eigenvalue weighted by molar-refractivity contribution is 0.197. The molecule has 1 unspecified atom stereocenters. The van der Waals surface area contributed by atoms with Crippen LogP contribution in [0.4, 0.5) is 0 Å². The lowest BCUT2D eigenvalue weighted by atomic mass is 10.0. The van der Waals surface area contributed by atoms with Gasteiger partial charge < -0.3 is 15.7 Å². The van der Waals surface area contributed by atoms with Crippen molar-refractivity contribution in [3.8, 4) is 0 Å². The van der Waals surface area contributed by atoms with Gasteiger partial charge in [-0.25, -0.2) is 0 Å². The third-order valence-corrected chi connectivity index (χ3v) is 5.52. The fraction of sp³-hybridized carbons (Fsp3) is 0.550. The first-order chi connectivity index (χ1) is 11.8. The molecule has 2 aliphatic rings. The number of hydrogen-bond acceptors (Lipinski definition) is 4. The van der Waals surface area contributed by atoms with E-state index in [9.17, 15) is 5.11 Å². The van der Waals surface area contributed by atoms with E-state index in [1.807, 2.05) is 24.4 Å². The second-order valence-corrected chi connectivity index (χ2v) is 7.17. The second kappa shape index (κ2) is 8.45. The van der Waals surface area contributed by atoms with E-state index in [2.05, 4.69) is 22.0 Å². The normalized spacial score (nSPS) is 26.1. The van der Waals surface area contributed by atoms with Gasteiger partial charge in [0.25, 0.3) is 0 Å². The molecule has 2 fully saturated rings. The standard InChI is InChI=1S/C20H29N3O/c21-9-19(11-22-10-16-5-2-1-3-6-16)20(15-24)14-23-12-17-7-4-8-18(17)13-23/h1-3,5-6,9,11,17-18,20,24H,4,7-8,10,12-15,21H2/t17-,18+,20?. The predicted octanol–water partition coefficient (Wildman–Crippen LogP) is 2.44. The van der Waals surface area contributed by atoms with E-state index in [4.69, 9.17) is 5.73 Å². The Bertz CT molecular complexity index is 558. The Morgan fingerprint density at radius 2 is 1.96 bits per heavy atom. The summed E-state index contributed by atoms with van der Waals surface area (Å²) in [7, 11) is 0. The maximum absolute atomic E-state index is 9.82. The van der Waals surface area contributed by atoms with Gasteiger partial charge in [-0.2, -0.15) is 0 Å². The Morgan fingerprint density at radius 3 is 2.58 bits per heavy atom. The van der Waals surface area contributed by atoms with Crippen molar-refractivity contribution in [1.29, 1.82) is 0 Å². The van der Waals surface area contributed by atoms with Gasteiger partial charge in [-0.05, 0) is 42.0 Å². The summed E-state index contributed by atoms with van der Waals surface area (Å²) < 4.78 is 0. The average Bonchev–Trinajstić information content (AvgIpc) is 3.19. The number of fused-ring (bicyclic) bond motifs is 1. The molecule has 1 saturated carbocycles. The molecule has 0 aromatic heterocycles. The second-order valence-electron chi connectivity index (χ2n) is 7.17. The molecule has 0 amide bonds. The van der Waals surface area contributed by atoms with Crippen LogP contribution in [0.3, 0.4) is 0 Å². The van der Waals surface area contributed by atoms with Crippen LogP contribution in [0.2, 0.25) is 0 Å². The van der Waals surface area contributed by atoms with Gasteiger partial charge >= 0.3 is 0 Å². The number of likely N-dealkylation sites (tertiary alicyclic amines) is 1. The van der Waals surface area contributed by atoms with Gasteiger partial charge in [0, 0.05) is 31.8 Å². The number of nitrogens with zero attached hydrogens (tertiary/aromatic N) is 2. The zero-order chi connectivity index (χ0) is 16.8. The number of aliphatic imine (C=N–C) groups is 1. The van der Waals surface area contributed by atoms with Crippen LogP contribution >= 0.6 is 0 Å². The van der Waals surface area contributed by atoms with Gasteiger partial charge in [0.2, 0.25) is 0 Å². The molecular formula is C20H29N3O. The highest BCUT2D eigenvalue weighted by molar-refractivity contribution is 5.79. The summed E-state index contributed by atoms with van der Waals surface area (Å²) in [6.07, 6.45) is 7.59. The third kappa shape index (κ3) is 4.25. The minimum absolute atomic E-state index is 0.0494. The molecule has 0 spiro atoms. The van der Waals surface area contributed by atoms with Crippen molar-refractivity contribution < 1.29 is 5.11 Å². The van der Waals surface area contributed by atoms with E-state index in [1.165, 1.54) is 37.9 Å². The largest absolute Gasteiger partial charge is 0.404 e. The smallest absolute Gasteiger partial charge is 0.0639 e. The van der Waals surface area contributed by atoms with Gasteiger partial charge in [-0.3, -0.25) is 4.99 Å². The Labute approximate surface area is 145 Å². The zero-order valence-corrected chi connectivity index (χ0v) is 14.3. The zero-order valence-electron chi connectivity index (χ0n) is 14.3. The molecule has 1 aromatic carbocycles. The van der Waals surface area contributed by atoms with E-state index >= 15 is 0 Å². The van der Waals surface area contributed by atoms with E-state index in [1.54, 1.807) is 6.20 Å². The van der Waals surface area contributed by atoms with Crippen molar-refractivity contribution in [2.45, 2.75) is 25.8 Å². The molecule has 4 nitrogen and oxygen atoms in total. The number of aliphatic hydroxyl groups excluding tert-OH is 1. The molecule has 4 heteroatoms. The van der Waals surface area contributed by atoms with E-state index < -0.39 is 0 Å². The van der Waals surface area contributed by atoms with Crippen LogP contribution in [0.15, 0.2) is 47.1 Å². The molecule has 0 radical (unpaired) electrons. The van der Waals surface area contributed by atoms with Gasteiger partial charge in [-0.1, -0.05) is 36.8 Å². The summed E-state index contributed by atoms with van der Waals surface area (Å²) >= 11 is 0. The molecule has 3 rings (SSSR count). The Balaban J connectivity index is 1.54. The maximum Gasteiger partial charge on any atom is 0.0639 e. The van der Waals surface area contributed by atoms with Crippen molar-refractivity contribution in [2.24, 2.45) is 28.5 Å². The molecule has 130 valence electrons. The highest BCUT2D eigenvalue weighted by Crippen LogP contribution is 2.38. The van der Waals surface area contributed by atoms with Gasteiger partial charge in [0.05, 0.1) is 13.2 Å². The van der Waals surface area contributed by atoms with Crippen molar-refractivity contribution in [2.75, 3.05) is 26.2 Å². The quantitative estimate of drug-likeness (QED) is 0.756. The van der Waals surface area contributed by atoms with E-state index in [0.29, 0.717) is 6.54 Å². The molecule has 1 aromatic rings. The van der Waals surface area contributed by atoms with Crippen LogP contribution < -0.4 is 5.73 Å². The number of rotatable bonds is 7. The lowest BCUT2D eigenvalue weighted by Gasteiger charge is -2.23. The summed E-state index contributed by atoms with van der Waals surface area (Å²) in [5, 5.41) is 9.82. The highest BCUT2D eigenvalue weighted by Gasteiger charge is 2.36. The molecule has 1 aliphatic heterocycles. The molecule has 0 bridgehead atoms. The van der Waals surface area contributed by atoms with Crippen molar-refractivity contribution >= 4 is 6.21 Å². The first kappa shape index (κ1) is 17.2. The maximum atomic E-state index is 9.82. The van der Waals surface area contributed by atoms with Crippen molar-refractivity contribution in [3.63, 3.8) is 0 Å². The first-order valence-corrected chi connectivity index (χ1v) is 9.09. The lowest BCUT2D eigenvalue weighted by Crippen LogP contribution is -2.31. The molecule has 24 heavy (non-hydrogen) atoms. The van der Waals surface area contributed by atoms with Crippen LogP contribution in [0, 0.1) is 17.8 Å². The Morgan fingerprint density at radius 1 is 1.25 bits per heavy atom. The van der Waals surface area contributed by atoms with Gasteiger partial charge in [0.15, 0.2) is 0 Å². The number of hydrogen-bond donors (Lipinski definition) is 2. The fourth-order valence-electron chi connectivity index (χ4n) is 4.19. The predicted molar refractivity (Wildman–Crippen MR) is 98.8 cm³/mol. The van der Waals surface area contributed by atoms with Crippen molar-refractivity contribution in [3.05, 3.63) is 47.7 Å². The average molecular weight is 327 g/mol. The number of aliphatic hydroxyl groups is 1. The molecule has 1 saturated heterocycles. The van der Waals surface area contributed by atoms with Crippen LogP contribution in [-0.2, 0) is 6.54 Å². The minimum atomic E-state index is 0.0494. The number of nitrogens with two attached hydrogens (primary N) is 1. The third-order valence-electron chi connectivity index (χ3n) is 5.52. The molecule has 1 heterocycles. The molecular weight excluding hydrogens is 298 g/mol. The Kier molecular flexibility index (Phi) is 6.05. The van der Waals surface area contributed by atoms with E-state index in [-0.39, 0.29) is 12.5 Å². The monoisotopic (exact) mass is 327 g/mol. The summed E-state index contributed by atoms with van der Waals surface area (Å²) in [5.41, 5.74) is 7.93. The van der Waals surface area contributed by atoms with Gasteiger partial charge in [-0.15, -0.1) is 0 Å². The summed E-state index contributed by atoms with van der Waals surface area (Å²) in [5.74, 6) is 1.80. The minimum Gasteiger partial charge on any atom is -0.404 e. The van der Waals surface area contributed by atoms with Gasteiger partial charge in [0.1, 0.15) is 0 Å². The SMILES string of the molecule is NC=C(C=NCc1ccccc1)C(CO)CN1C[C@H]2CCC[C@H]2C1. The van der Waals surface area contributed by atoms with Crippen LogP contribution in [0.1, 0.15) is 24.8 Å². The van der Waals surface area contributed by atoms with Crippen LogP contribution in [0.5, 0.6) is 0 Å². The molecule has 3 N–H and O–H groups in total. The molecule has 1 aliphatic carbocycles. The highest BCUT2D eigenvalue weighted by atomic mass is 16.3. The molecule has 3 atom stereocenters. The first-order valence-electron chi connectivity index (χ1n) is 9.09.